The highest BCUT2D eigenvalue weighted by molar-refractivity contribution is 7.99. The van der Waals surface area contributed by atoms with E-state index in [1.165, 1.54) is 17.9 Å². The van der Waals surface area contributed by atoms with Crippen molar-refractivity contribution in [3.05, 3.63) is 29.8 Å². The average Bonchev–Trinajstić information content (AvgIpc) is 3.19. The lowest BCUT2D eigenvalue weighted by Gasteiger charge is -2.43. The van der Waals surface area contributed by atoms with Gasteiger partial charge in [0.1, 0.15) is 11.4 Å². The van der Waals surface area contributed by atoms with E-state index in [0.29, 0.717) is 6.54 Å². The molecule has 6 nitrogen and oxygen atoms in total. The van der Waals surface area contributed by atoms with Crippen LogP contribution in [0.15, 0.2) is 29.3 Å². The lowest BCUT2D eigenvalue weighted by molar-refractivity contribution is -0.0120. The molecule has 0 amide bonds. The maximum atomic E-state index is 6.11. The Kier molecular flexibility index (Phi) is 7.71. The molecule has 0 aromatic heterocycles. The van der Waals surface area contributed by atoms with Crippen LogP contribution in [0.1, 0.15) is 32.8 Å². The van der Waals surface area contributed by atoms with Crippen molar-refractivity contribution in [2.45, 2.75) is 44.9 Å². The zero-order chi connectivity index (χ0) is 20.7. The van der Waals surface area contributed by atoms with Crippen LogP contribution in [0.4, 0.5) is 0 Å². The molecule has 3 rings (SSSR count). The van der Waals surface area contributed by atoms with Gasteiger partial charge in [-0.3, -0.25) is 9.89 Å². The summed E-state index contributed by atoms with van der Waals surface area (Å²) in [7, 11) is 1.83. The Hall–Kier alpha value is -1.44. The van der Waals surface area contributed by atoms with Gasteiger partial charge in [0, 0.05) is 50.1 Å². The number of morpholine rings is 1. The van der Waals surface area contributed by atoms with Crippen molar-refractivity contribution in [3.8, 4) is 5.75 Å². The highest BCUT2D eigenvalue weighted by Gasteiger charge is 2.40. The van der Waals surface area contributed by atoms with Gasteiger partial charge < -0.3 is 20.1 Å². The maximum Gasteiger partial charge on any atom is 0.191 e. The molecule has 2 heterocycles. The topological polar surface area (TPSA) is 58.1 Å². The van der Waals surface area contributed by atoms with Gasteiger partial charge in [0.25, 0.3) is 0 Å². The summed E-state index contributed by atoms with van der Waals surface area (Å²) < 4.78 is 11.7. The van der Waals surface area contributed by atoms with Crippen molar-refractivity contribution in [1.82, 2.24) is 15.5 Å². The van der Waals surface area contributed by atoms with Gasteiger partial charge in [0.05, 0.1) is 13.2 Å². The van der Waals surface area contributed by atoms with Crippen molar-refractivity contribution < 1.29 is 9.47 Å². The third kappa shape index (κ3) is 6.27. The molecule has 0 saturated carbocycles. The first-order valence-electron chi connectivity index (χ1n) is 10.5. The van der Waals surface area contributed by atoms with Gasteiger partial charge in [0.2, 0.25) is 0 Å². The number of hydrogen-bond acceptors (Lipinski definition) is 5. The van der Waals surface area contributed by atoms with Gasteiger partial charge in [-0.2, -0.15) is 11.8 Å². The largest absolute Gasteiger partial charge is 0.488 e. The van der Waals surface area contributed by atoms with Crippen molar-refractivity contribution in [2.24, 2.45) is 4.99 Å². The molecule has 2 aliphatic rings. The van der Waals surface area contributed by atoms with Crippen LogP contribution in [0, 0.1) is 0 Å². The third-order valence-electron chi connectivity index (χ3n) is 5.41. The van der Waals surface area contributed by atoms with Gasteiger partial charge in [-0.15, -0.1) is 0 Å². The third-order valence-corrected chi connectivity index (χ3v) is 6.64. The molecule has 1 aromatic carbocycles. The molecule has 2 fully saturated rings. The Morgan fingerprint density at radius 2 is 2.00 bits per heavy atom. The summed E-state index contributed by atoms with van der Waals surface area (Å²) >= 11 is 2.05. The predicted octanol–water partition coefficient (Wildman–Crippen LogP) is 2.74. The van der Waals surface area contributed by atoms with Crippen LogP contribution in [-0.2, 0) is 11.3 Å². The fraction of sp³-hybridized carbons (Fsp3) is 0.682. The second kappa shape index (κ2) is 10.0. The monoisotopic (exact) mass is 420 g/mol. The molecular weight excluding hydrogens is 384 g/mol. The van der Waals surface area contributed by atoms with Gasteiger partial charge in [0.15, 0.2) is 5.96 Å². The summed E-state index contributed by atoms with van der Waals surface area (Å²) in [5.41, 5.74) is 1.10. The molecule has 29 heavy (non-hydrogen) atoms. The van der Waals surface area contributed by atoms with Crippen LogP contribution < -0.4 is 15.4 Å². The minimum absolute atomic E-state index is 0.194. The SMILES string of the molecule is CN=C(NCc1ccccc1OC(C)(C)C)NCC1(N2CCOCC2)CCSC1. The first kappa shape index (κ1) is 22.2. The minimum Gasteiger partial charge on any atom is -0.488 e. The number of rotatable bonds is 6. The Balaban J connectivity index is 1.58. The lowest BCUT2D eigenvalue weighted by atomic mass is 9.95. The van der Waals surface area contributed by atoms with E-state index in [0.717, 1.165) is 50.1 Å². The Bertz CT molecular complexity index is 678. The molecule has 1 atom stereocenters. The van der Waals surface area contributed by atoms with Gasteiger partial charge in [-0.05, 0) is 39.0 Å². The summed E-state index contributed by atoms with van der Waals surface area (Å²) in [6.07, 6.45) is 1.21. The molecule has 0 spiro atoms. The van der Waals surface area contributed by atoms with E-state index < -0.39 is 0 Å². The molecular formula is C22H36N4O2S. The highest BCUT2D eigenvalue weighted by Crippen LogP contribution is 2.33. The Morgan fingerprint density at radius 1 is 1.24 bits per heavy atom. The summed E-state index contributed by atoms with van der Waals surface area (Å²) in [6.45, 7) is 11.5. The second-order valence-corrected chi connectivity index (χ2v) is 9.83. The average molecular weight is 421 g/mol. The zero-order valence-electron chi connectivity index (χ0n) is 18.3. The zero-order valence-corrected chi connectivity index (χ0v) is 19.1. The predicted molar refractivity (Wildman–Crippen MR) is 122 cm³/mol. The van der Waals surface area contributed by atoms with Crippen LogP contribution in [0.2, 0.25) is 0 Å². The van der Waals surface area contributed by atoms with Gasteiger partial charge in [-0.1, -0.05) is 18.2 Å². The molecule has 2 N–H and O–H groups in total. The number of nitrogens with one attached hydrogen (secondary N) is 2. The Morgan fingerprint density at radius 3 is 2.66 bits per heavy atom. The number of nitrogens with zero attached hydrogens (tertiary/aromatic N) is 2. The first-order chi connectivity index (χ1) is 13.9. The van der Waals surface area contributed by atoms with E-state index >= 15 is 0 Å². The van der Waals surface area contributed by atoms with Crippen LogP contribution in [0.5, 0.6) is 5.75 Å². The van der Waals surface area contributed by atoms with E-state index in [-0.39, 0.29) is 11.1 Å². The highest BCUT2D eigenvalue weighted by atomic mass is 32.2. The summed E-state index contributed by atoms with van der Waals surface area (Å²) in [6, 6.07) is 8.19. The number of guanidine groups is 1. The van der Waals surface area contributed by atoms with Crippen LogP contribution >= 0.6 is 11.8 Å². The molecule has 0 radical (unpaired) electrons. The van der Waals surface area contributed by atoms with Crippen molar-refractivity contribution >= 4 is 17.7 Å². The van der Waals surface area contributed by atoms with E-state index in [4.69, 9.17) is 9.47 Å². The summed E-state index contributed by atoms with van der Waals surface area (Å²) in [5.74, 6) is 4.14. The van der Waals surface area contributed by atoms with E-state index in [1.54, 1.807) is 0 Å². The Labute approximate surface area is 179 Å². The molecule has 2 aliphatic heterocycles. The number of benzene rings is 1. The smallest absolute Gasteiger partial charge is 0.191 e. The maximum absolute atomic E-state index is 6.11. The number of hydrogen-bond donors (Lipinski definition) is 2. The lowest BCUT2D eigenvalue weighted by Crippen LogP contribution is -2.60. The number of aliphatic imine (C=N–C) groups is 1. The van der Waals surface area contributed by atoms with Crippen molar-refractivity contribution in [3.63, 3.8) is 0 Å². The molecule has 1 unspecified atom stereocenters. The van der Waals surface area contributed by atoms with Crippen LogP contribution in [0.25, 0.3) is 0 Å². The second-order valence-electron chi connectivity index (χ2n) is 8.73. The number of ether oxygens (including phenoxy) is 2. The molecule has 7 heteroatoms. The van der Waals surface area contributed by atoms with E-state index in [9.17, 15) is 0 Å². The normalized spacial score (nSPS) is 23.8. The van der Waals surface area contributed by atoms with E-state index in [1.807, 2.05) is 25.2 Å². The fourth-order valence-electron chi connectivity index (χ4n) is 3.86. The quantitative estimate of drug-likeness (QED) is 0.545. The van der Waals surface area contributed by atoms with Crippen LogP contribution in [-0.4, -0.2) is 73.4 Å². The summed E-state index contributed by atoms with van der Waals surface area (Å²) in [4.78, 5) is 7.06. The van der Waals surface area contributed by atoms with Crippen molar-refractivity contribution in [1.29, 1.82) is 0 Å². The van der Waals surface area contributed by atoms with Crippen LogP contribution in [0.3, 0.4) is 0 Å². The number of para-hydroxylation sites is 1. The molecule has 1 aromatic rings. The standard InChI is InChI=1S/C22H36N4O2S/c1-21(2,3)28-19-8-6-5-7-18(19)15-24-20(23-4)25-16-22(9-14-29-17-22)26-10-12-27-13-11-26/h5-8H,9-17H2,1-4H3,(H2,23,24,25). The molecule has 0 aliphatic carbocycles. The molecule has 2 saturated heterocycles. The number of thioether (sulfide) groups is 1. The first-order valence-corrected chi connectivity index (χ1v) is 11.7. The van der Waals surface area contributed by atoms with Crippen molar-refractivity contribution in [2.75, 3.05) is 51.4 Å². The summed E-state index contributed by atoms with van der Waals surface area (Å²) in [5, 5.41) is 7.05. The fourth-order valence-corrected chi connectivity index (χ4v) is 5.34. The minimum atomic E-state index is -0.222. The molecule has 0 bridgehead atoms. The molecule has 162 valence electrons. The van der Waals surface area contributed by atoms with Gasteiger partial charge >= 0.3 is 0 Å². The van der Waals surface area contributed by atoms with Gasteiger partial charge in [-0.25, -0.2) is 0 Å². The van der Waals surface area contributed by atoms with E-state index in [2.05, 4.69) is 59.1 Å².